The van der Waals surface area contributed by atoms with Crippen molar-refractivity contribution >= 4 is 5.97 Å². The van der Waals surface area contributed by atoms with E-state index < -0.39 is 5.97 Å². The molecule has 0 amide bonds. The van der Waals surface area contributed by atoms with Crippen molar-refractivity contribution in [3.05, 3.63) is 35.4 Å². The Kier molecular flexibility index (Phi) is 3.74. The molecule has 0 bridgehead atoms. The van der Waals surface area contributed by atoms with Crippen LogP contribution in [-0.4, -0.2) is 11.1 Å². The van der Waals surface area contributed by atoms with E-state index in [1.54, 1.807) is 0 Å². The maximum Gasteiger partial charge on any atom is 0.303 e. The normalized spacial score (nSPS) is 13.5. The maximum atomic E-state index is 10.9. The number of carbonyl (C=O) groups is 1. The summed E-state index contributed by atoms with van der Waals surface area (Å²) in [7, 11) is 0. The van der Waals surface area contributed by atoms with Crippen molar-refractivity contribution in [2.24, 2.45) is 5.41 Å². The summed E-state index contributed by atoms with van der Waals surface area (Å²) >= 11 is 0. The van der Waals surface area contributed by atoms with Crippen LogP contribution in [0.15, 0.2) is 24.3 Å². The van der Waals surface area contributed by atoms with Gasteiger partial charge in [-0.25, -0.2) is 0 Å². The van der Waals surface area contributed by atoms with E-state index in [1.165, 1.54) is 5.56 Å². The molecule has 0 aliphatic rings. The fraction of sp³-hybridized carbons (Fsp3) is 0.500. The molecule has 0 aliphatic carbocycles. The molecule has 0 heterocycles. The van der Waals surface area contributed by atoms with Crippen LogP contribution in [0.3, 0.4) is 0 Å². The minimum Gasteiger partial charge on any atom is -0.481 e. The number of hydrogen-bond donors (Lipinski definition) is 1. The molecule has 1 atom stereocenters. The predicted octanol–water partition coefficient (Wildman–Crippen LogP) is 3.60. The Morgan fingerprint density at radius 1 is 1.31 bits per heavy atom. The van der Waals surface area contributed by atoms with Gasteiger partial charge in [0.05, 0.1) is 6.42 Å². The SMILES string of the molecule is Cc1ccccc1C(CC(=O)O)C(C)(C)C. The molecule has 2 heteroatoms. The molecule has 88 valence electrons. The fourth-order valence-electron chi connectivity index (χ4n) is 2.04. The zero-order valence-corrected chi connectivity index (χ0v) is 10.4. The second kappa shape index (κ2) is 4.69. The quantitative estimate of drug-likeness (QED) is 0.845. The van der Waals surface area contributed by atoms with Gasteiger partial charge in [0.2, 0.25) is 0 Å². The minimum atomic E-state index is -0.733. The second-order valence-electron chi connectivity index (χ2n) is 5.37. The van der Waals surface area contributed by atoms with Gasteiger partial charge in [-0.3, -0.25) is 4.79 Å². The highest BCUT2D eigenvalue weighted by Crippen LogP contribution is 2.38. The average molecular weight is 220 g/mol. The van der Waals surface area contributed by atoms with Gasteiger partial charge in [0, 0.05) is 0 Å². The molecule has 2 nitrogen and oxygen atoms in total. The summed E-state index contributed by atoms with van der Waals surface area (Å²) in [5.41, 5.74) is 2.28. The minimum absolute atomic E-state index is 0.0372. The van der Waals surface area contributed by atoms with Crippen molar-refractivity contribution in [1.29, 1.82) is 0 Å². The standard InChI is InChI=1S/C14H20O2/c1-10-7-5-6-8-11(10)12(9-13(15)16)14(2,3)4/h5-8,12H,9H2,1-4H3,(H,15,16). The van der Waals surface area contributed by atoms with Gasteiger partial charge < -0.3 is 5.11 Å². The zero-order chi connectivity index (χ0) is 12.3. The smallest absolute Gasteiger partial charge is 0.303 e. The summed E-state index contributed by atoms with van der Waals surface area (Å²) in [4.78, 5) is 10.9. The van der Waals surface area contributed by atoms with E-state index in [-0.39, 0.29) is 17.8 Å². The molecule has 0 spiro atoms. The van der Waals surface area contributed by atoms with E-state index in [0.29, 0.717) is 0 Å². The van der Waals surface area contributed by atoms with Crippen molar-refractivity contribution < 1.29 is 9.90 Å². The van der Waals surface area contributed by atoms with Crippen molar-refractivity contribution in [3.63, 3.8) is 0 Å². The highest BCUT2D eigenvalue weighted by molar-refractivity contribution is 5.68. The Morgan fingerprint density at radius 2 is 1.88 bits per heavy atom. The van der Waals surface area contributed by atoms with Crippen LogP contribution in [0.25, 0.3) is 0 Å². The summed E-state index contributed by atoms with van der Waals surface area (Å²) in [6, 6.07) is 8.03. The lowest BCUT2D eigenvalue weighted by Crippen LogP contribution is -2.22. The Morgan fingerprint density at radius 3 is 2.31 bits per heavy atom. The van der Waals surface area contributed by atoms with E-state index in [0.717, 1.165) is 5.56 Å². The summed E-state index contributed by atoms with van der Waals surface area (Å²) in [5, 5.41) is 9.00. The van der Waals surface area contributed by atoms with Crippen LogP contribution < -0.4 is 0 Å². The van der Waals surface area contributed by atoms with E-state index in [1.807, 2.05) is 31.2 Å². The highest BCUT2D eigenvalue weighted by atomic mass is 16.4. The zero-order valence-electron chi connectivity index (χ0n) is 10.4. The molecular formula is C14H20O2. The van der Waals surface area contributed by atoms with Gasteiger partial charge in [-0.05, 0) is 29.4 Å². The van der Waals surface area contributed by atoms with Crippen LogP contribution in [0.1, 0.15) is 44.2 Å². The van der Waals surface area contributed by atoms with Gasteiger partial charge in [0.15, 0.2) is 0 Å². The molecule has 1 rings (SSSR count). The third kappa shape index (κ3) is 3.09. The number of benzene rings is 1. The maximum absolute atomic E-state index is 10.9. The summed E-state index contributed by atoms with van der Waals surface area (Å²) in [5.74, 6) is -0.672. The Balaban J connectivity index is 3.12. The summed E-state index contributed by atoms with van der Waals surface area (Å²) < 4.78 is 0. The number of rotatable bonds is 3. The summed E-state index contributed by atoms with van der Waals surface area (Å²) in [6.45, 7) is 8.31. The van der Waals surface area contributed by atoms with Crippen LogP contribution in [0.4, 0.5) is 0 Å². The third-order valence-corrected chi connectivity index (χ3v) is 2.99. The second-order valence-corrected chi connectivity index (χ2v) is 5.37. The Labute approximate surface area is 97.3 Å². The Bertz CT molecular complexity index is 375. The average Bonchev–Trinajstić information content (AvgIpc) is 2.13. The first kappa shape index (κ1) is 12.8. The van der Waals surface area contributed by atoms with Gasteiger partial charge in [0.25, 0.3) is 0 Å². The number of aryl methyl sites for hydroxylation is 1. The van der Waals surface area contributed by atoms with Crippen LogP contribution in [0.2, 0.25) is 0 Å². The van der Waals surface area contributed by atoms with Crippen LogP contribution in [-0.2, 0) is 4.79 Å². The van der Waals surface area contributed by atoms with Crippen molar-refractivity contribution in [2.75, 3.05) is 0 Å². The van der Waals surface area contributed by atoms with Crippen LogP contribution >= 0.6 is 0 Å². The predicted molar refractivity (Wildman–Crippen MR) is 65.6 cm³/mol. The van der Waals surface area contributed by atoms with Gasteiger partial charge in [0.1, 0.15) is 0 Å². The topological polar surface area (TPSA) is 37.3 Å². The fourth-order valence-corrected chi connectivity index (χ4v) is 2.04. The van der Waals surface area contributed by atoms with Crippen LogP contribution in [0.5, 0.6) is 0 Å². The summed E-state index contributed by atoms with van der Waals surface area (Å²) in [6.07, 6.45) is 0.189. The first-order valence-corrected chi connectivity index (χ1v) is 5.59. The number of aliphatic carboxylic acids is 1. The highest BCUT2D eigenvalue weighted by Gasteiger charge is 2.29. The molecule has 1 N–H and O–H groups in total. The van der Waals surface area contributed by atoms with E-state index in [2.05, 4.69) is 20.8 Å². The molecule has 0 fully saturated rings. The molecule has 0 radical (unpaired) electrons. The lowest BCUT2D eigenvalue weighted by Gasteiger charge is -2.31. The molecule has 0 saturated heterocycles. The molecule has 16 heavy (non-hydrogen) atoms. The molecule has 1 aromatic carbocycles. The molecular weight excluding hydrogens is 200 g/mol. The molecule has 0 aromatic heterocycles. The first-order valence-electron chi connectivity index (χ1n) is 5.59. The Hall–Kier alpha value is -1.31. The molecule has 1 unspecified atom stereocenters. The largest absolute Gasteiger partial charge is 0.481 e. The molecule has 0 saturated carbocycles. The van der Waals surface area contributed by atoms with Crippen molar-refractivity contribution in [2.45, 2.75) is 40.0 Å². The molecule has 0 aliphatic heterocycles. The monoisotopic (exact) mass is 220 g/mol. The lowest BCUT2D eigenvalue weighted by atomic mass is 9.73. The number of hydrogen-bond acceptors (Lipinski definition) is 1. The van der Waals surface area contributed by atoms with Crippen molar-refractivity contribution in [3.8, 4) is 0 Å². The number of carboxylic acids is 1. The van der Waals surface area contributed by atoms with Crippen LogP contribution in [0, 0.1) is 12.3 Å². The van der Waals surface area contributed by atoms with E-state index >= 15 is 0 Å². The first-order chi connectivity index (χ1) is 7.32. The van der Waals surface area contributed by atoms with E-state index in [4.69, 9.17) is 5.11 Å². The van der Waals surface area contributed by atoms with Gasteiger partial charge in [-0.1, -0.05) is 45.0 Å². The van der Waals surface area contributed by atoms with E-state index in [9.17, 15) is 4.79 Å². The van der Waals surface area contributed by atoms with Gasteiger partial charge in [-0.2, -0.15) is 0 Å². The number of carboxylic acid groups (broad SMARTS) is 1. The lowest BCUT2D eigenvalue weighted by molar-refractivity contribution is -0.138. The molecule has 1 aromatic rings. The van der Waals surface area contributed by atoms with Crippen molar-refractivity contribution in [1.82, 2.24) is 0 Å². The van der Waals surface area contributed by atoms with Gasteiger partial charge in [-0.15, -0.1) is 0 Å². The third-order valence-electron chi connectivity index (χ3n) is 2.99. The van der Waals surface area contributed by atoms with Gasteiger partial charge >= 0.3 is 5.97 Å².